The van der Waals surface area contributed by atoms with Gasteiger partial charge in [-0.15, -0.1) is 0 Å². The molecule has 11 heavy (non-hydrogen) atoms. The third kappa shape index (κ3) is 7.37. The van der Waals surface area contributed by atoms with E-state index in [1.54, 1.807) is 0 Å². The van der Waals surface area contributed by atoms with Gasteiger partial charge in [-0.3, -0.25) is 4.79 Å². The predicted octanol–water partition coefficient (Wildman–Crippen LogP) is 2.52. The van der Waals surface area contributed by atoms with Crippen molar-refractivity contribution < 1.29 is 9.53 Å². The van der Waals surface area contributed by atoms with Crippen molar-refractivity contribution in [3.63, 3.8) is 0 Å². The number of unbranched alkanes of at least 4 members (excludes halogenated alkanes) is 3. The molecule has 0 aromatic heterocycles. The molecule has 0 N–H and O–H groups in total. The largest absolute Gasteiger partial charge is 0.465 e. The molecule has 0 amide bonds. The summed E-state index contributed by atoms with van der Waals surface area (Å²) < 4.78 is 4.74. The maximum atomic E-state index is 9.88. The van der Waals surface area contributed by atoms with Crippen LogP contribution < -0.4 is 0 Å². The average molecular weight is 158 g/mol. The van der Waals surface area contributed by atoms with Crippen molar-refractivity contribution >= 4 is 6.47 Å². The molecule has 0 unspecified atom stereocenters. The molecule has 0 saturated heterocycles. The first kappa shape index (κ1) is 10.5. The number of ether oxygens (including phenoxy) is 1. The maximum Gasteiger partial charge on any atom is 0.293 e. The molecular weight excluding hydrogens is 140 g/mol. The molecular formula is C9H18O2. The van der Waals surface area contributed by atoms with Crippen LogP contribution in [0.3, 0.4) is 0 Å². The van der Waals surface area contributed by atoms with Crippen LogP contribution in [0, 0.1) is 0 Å². The van der Waals surface area contributed by atoms with Gasteiger partial charge in [0.2, 0.25) is 0 Å². The van der Waals surface area contributed by atoms with E-state index in [4.69, 9.17) is 4.74 Å². The van der Waals surface area contributed by atoms with E-state index in [9.17, 15) is 4.79 Å². The van der Waals surface area contributed by atoms with Crippen molar-refractivity contribution in [1.29, 1.82) is 0 Å². The quantitative estimate of drug-likeness (QED) is 0.420. The zero-order chi connectivity index (χ0) is 8.53. The van der Waals surface area contributed by atoms with Gasteiger partial charge in [-0.05, 0) is 19.8 Å². The van der Waals surface area contributed by atoms with E-state index in [1.807, 2.05) is 6.92 Å². The average Bonchev–Trinajstić information content (AvgIpc) is 1.99. The van der Waals surface area contributed by atoms with Gasteiger partial charge in [0, 0.05) is 0 Å². The summed E-state index contributed by atoms with van der Waals surface area (Å²) in [6.07, 6.45) is 6.06. The molecule has 2 nitrogen and oxygen atoms in total. The Hall–Kier alpha value is -0.530. The highest BCUT2D eigenvalue weighted by molar-refractivity contribution is 5.37. The first-order valence-corrected chi connectivity index (χ1v) is 4.40. The number of rotatable bonds is 7. The fraction of sp³-hybridized carbons (Fsp3) is 0.889. The van der Waals surface area contributed by atoms with Crippen molar-refractivity contribution in [2.75, 3.05) is 0 Å². The van der Waals surface area contributed by atoms with E-state index >= 15 is 0 Å². The second kappa shape index (κ2) is 7.58. The van der Waals surface area contributed by atoms with Crippen LogP contribution in [-0.2, 0) is 9.53 Å². The van der Waals surface area contributed by atoms with Gasteiger partial charge in [0.15, 0.2) is 0 Å². The molecule has 2 heteroatoms. The van der Waals surface area contributed by atoms with Crippen LogP contribution in [0.15, 0.2) is 0 Å². The topological polar surface area (TPSA) is 26.3 Å². The maximum absolute atomic E-state index is 9.88. The lowest BCUT2D eigenvalue weighted by Crippen LogP contribution is -2.05. The van der Waals surface area contributed by atoms with Crippen molar-refractivity contribution in [3.8, 4) is 0 Å². The minimum atomic E-state index is 0.101. The van der Waals surface area contributed by atoms with E-state index in [1.165, 1.54) is 25.7 Å². The van der Waals surface area contributed by atoms with Gasteiger partial charge in [-0.25, -0.2) is 0 Å². The van der Waals surface area contributed by atoms with E-state index in [0.29, 0.717) is 6.47 Å². The zero-order valence-corrected chi connectivity index (χ0v) is 7.51. The van der Waals surface area contributed by atoms with Crippen molar-refractivity contribution in [1.82, 2.24) is 0 Å². The monoisotopic (exact) mass is 158 g/mol. The SMILES string of the molecule is CCCCCC[C@H](C)OC=O. The second-order valence-electron chi connectivity index (χ2n) is 2.89. The summed E-state index contributed by atoms with van der Waals surface area (Å²) in [5, 5.41) is 0. The molecule has 1 atom stereocenters. The van der Waals surface area contributed by atoms with Crippen LogP contribution in [0.4, 0.5) is 0 Å². The molecule has 0 saturated carbocycles. The molecule has 0 aliphatic rings. The van der Waals surface area contributed by atoms with E-state index < -0.39 is 0 Å². The number of carbonyl (C=O) groups is 1. The van der Waals surface area contributed by atoms with Crippen LogP contribution >= 0.6 is 0 Å². The lowest BCUT2D eigenvalue weighted by molar-refractivity contribution is -0.133. The van der Waals surface area contributed by atoms with Crippen molar-refractivity contribution in [3.05, 3.63) is 0 Å². The highest BCUT2D eigenvalue weighted by Gasteiger charge is 1.99. The second-order valence-corrected chi connectivity index (χ2v) is 2.89. The Morgan fingerprint density at radius 1 is 1.36 bits per heavy atom. The molecule has 0 aliphatic heterocycles. The third-order valence-electron chi connectivity index (χ3n) is 1.75. The standard InChI is InChI=1S/C9H18O2/c1-3-4-5-6-7-9(2)11-8-10/h8-9H,3-7H2,1-2H3/t9-/m0/s1. The molecule has 0 spiro atoms. The molecule has 0 fully saturated rings. The summed E-state index contributed by atoms with van der Waals surface area (Å²) in [5.74, 6) is 0. The normalized spacial score (nSPS) is 12.5. The highest BCUT2D eigenvalue weighted by atomic mass is 16.5. The fourth-order valence-electron chi connectivity index (χ4n) is 1.02. The Morgan fingerprint density at radius 2 is 2.09 bits per heavy atom. The van der Waals surface area contributed by atoms with Gasteiger partial charge in [0.25, 0.3) is 6.47 Å². The van der Waals surface area contributed by atoms with Crippen LogP contribution in [0.1, 0.15) is 46.0 Å². The summed E-state index contributed by atoms with van der Waals surface area (Å²) in [7, 11) is 0. The third-order valence-corrected chi connectivity index (χ3v) is 1.75. The Balaban J connectivity index is 3.03. The lowest BCUT2D eigenvalue weighted by atomic mass is 10.1. The molecule has 0 aliphatic carbocycles. The Bertz CT molecular complexity index is 91.6. The van der Waals surface area contributed by atoms with Gasteiger partial charge < -0.3 is 4.74 Å². The Kier molecular flexibility index (Phi) is 7.21. The van der Waals surface area contributed by atoms with Crippen molar-refractivity contribution in [2.24, 2.45) is 0 Å². The minimum Gasteiger partial charge on any atom is -0.465 e. The highest BCUT2D eigenvalue weighted by Crippen LogP contribution is 2.06. The molecule has 0 aromatic carbocycles. The zero-order valence-electron chi connectivity index (χ0n) is 7.51. The first-order chi connectivity index (χ1) is 5.31. The van der Waals surface area contributed by atoms with Gasteiger partial charge >= 0.3 is 0 Å². The smallest absolute Gasteiger partial charge is 0.293 e. The lowest BCUT2D eigenvalue weighted by Gasteiger charge is -2.07. The summed E-state index contributed by atoms with van der Waals surface area (Å²) in [5.41, 5.74) is 0. The van der Waals surface area contributed by atoms with Crippen LogP contribution in [0.5, 0.6) is 0 Å². The molecule has 0 radical (unpaired) electrons. The summed E-state index contributed by atoms with van der Waals surface area (Å²) in [6.45, 7) is 4.65. The van der Waals surface area contributed by atoms with E-state index in [0.717, 1.165) is 6.42 Å². The fourth-order valence-corrected chi connectivity index (χ4v) is 1.02. The number of hydrogen-bond donors (Lipinski definition) is 0. The summed E-state index contributed by atoms with van der Waals surface area (Å²) >= 11 is 0. The van der Waals surface area contributed by atoms with Crippen LogP contribution in [-0.4, -0.2) is 12.6 Å². The molecule has 0 aromatic rings. The van der Waals surface area contributed by atoms with E-state index in [-0.39, 0.29) is 6.10 Å². The van der Waals surface area contributed by atoms with Gasteiger partial charge in [-0.2, -0.15) is 0 Å². The van der Waals surface area contributed by atoms with Crippen LogP contribution in [0.2, 0.25) is 0 Å². The molecule has 0 bridgehead atoms. The van der Waals surface area contributed by atoms with Crippen LogP contribution in [0.25, 0.3) is 0 Å². The minimum absolute atomic E-state index is 0.101. The summed E-state index contributed by atoms with van der Waals surface area (Å²) in [4.78, 5) is 9.88. The Labute approximate surface area is 68.9 Å². The van der Waals surface area contributed by atoms with E-state index in [2.05, 4.69) is 6.92 Å². The molecule has 66 valence electrons. The summed E-state index contributed by atoms with van der Waals surface area (Å²) in [6, 6.07) is 0. The first-order valence-electron chi connectivity index (χ1n) is 4.40. The van der Waals surface area contributed by atoms with Gasteiger partial charge in [-0.1, -0.05) is 26.2 Å². The van der Waals surface area contributed by atoms with Crippen molar-refractivity contribution in [2.45, 2.75) is 52.1 Å². The molecule has 0 rings (SSSR count). The van der Waals surface area contributed by atoms with Gasteiger partial charge in [0.05, 0.1) is 6.10 Å². The number of carbonyl (C=O) groups excluding carboxylic acids is 1. The van der Waals surface area contributed by atoms with Gasteiger partial charge in [0.1, 0.15) is 0 Å². The predicted molar refractivity (Wildman–Crippen MR) is 45.4 cm³/mol. The number of hydrogen-bond acceptors (Lipinski definition) is 2. The molecule has 0 heterocycles. The Morgan fingerprint density at radius 3 is 2.64 bits per heavy atom.